The van der Waals surface area contributed by atoms with Crippen molar-refractivity contribution in [1.29, 1.82) is 0 Å². The largest absolute Gasteiger partial charge is 0.393 e. The normalized spacial score (nSPS) is 22.2. The van der Waals surface area contributed by atoms with Gasteiger partial charge in [-0.1, -0.05) is 0 Å². The quantitative estimate of drug-likeness (QED) is 0.759. The van der Waals surface area contributed by atoms with Gasteiger partial charge in [-0.25, -0.2) is 12.7 Å². The second kappa shape index (κ2) is 6.19. The molecule has 0 aromatic rings. The van der Waals surface area contributed by atoms with E-state index < -0.39 is 10.0 Å². The zero-order chi connectivity index (χ0) is 12.2. The van der Waals surface area contributed by atoms with Crippen molar-refractivity contribution < 1.29 is 13.5 Å². The van der Waals surface area contributed by atoms with E-state index in [2.05, 4.69) is 0 Å². The summed E-state index contributed by atoms with van der Waals surface area (Å²) >= 11 is 5.50. The Morgan fingerprint density at radius 2 is 2.00 bits per heavy atom. The zero-order valence-electron chi connectivity index (χ0n) is 9.60. The molecular formula is C10H20ClNO3S. The van der Waals surface area contributed by atoms with E-state index in [4.69, 9.17) is 11.6 Å². The molecule has 0 aromatic heterocycles. The Labute approximate surface area is 103 Å². The number of aliphatic hydroxyl groups excluding tert-OH is 1. The minimum Gasteiger partial charge on any atom is -0.393 e. The van der Waals surface area contributed by atoms with Crippen LogP contribution in [-0.4, -0.2) is 48.7 Å². The number of aliphatic hydroxyl groups is 1. The molecule has 0 aromatic carbocycles. The average Bonchev–Trinajstić information content (AvgIpc) is 2.26. The lowest BCUT2D eigenvalue weighted by Gasteiger charge is -2.32. The first-order valence-corrected chi connectivity index (χ1v) is 7.83. The fourth-order valence-corrected chi connectivity index (χ4v) is 3.83. The highest BCUT2D eigenvalue weighted by molar-refractivity contribution is 7.89. The number of hydrogen-bond donors (Lipinski definition) is 1. The fourth-order valence-electron chi connectivity index (χ4n) is 2.00. The topological polar surface area (TPSA) is 57.6 Å². The average molecular weight is 270 g/mol. The van der Waals surface area contributed by atoms with E-state index in [1.165, 1.54) is 4.31 Å². The summed E-state index contributed by atoms with van der Waals surface area (Å²) in [6, 6.07) is 0. The maximum atomic E-state index is 11.8. The third-order valence-corrected chi connectivity index (χ3v) is 5.33. The van der Waals surface area contributed by atoms with Gasteiger partial charge in [0.25, 0.3) is 0 Å². The van der Waals surface area contributed by atoms with Gasteiger partial charge >= 0.3 is 0 Å². The molecule has 0 bridgehead atoms. The van der Waals surface area contributed by atoms with Gasteiger partial charge in [-0.2, -0.15) is 0 Å². The number of rotatable bonds is 5. The predicted molar refractivity (Wildman–Crippen MR) is 65.1 cm³/mol. The lowest BCUT2D eigenvalue weighted by molar-refractivity contribution is 0.0912. The van der Waals surface area contributed by atoms with Gasteiger partial charge in [-0.05, 0) is 32.1 Å². The van der Waals surface area contributed by atoms with E-state index >= 15 is 0 Å². The van der Waals surface area contributed by atoms with Crippen molar-refractivity contribution in [1.82, 2.24) is 4.31 Å². The van der Waals surface area contributed by atoms with Crippen LogP contribution < -0.4 is 0 Å². The molecule has 1 aliphatic heterocycles. The summed E-state index contributed by atoms with van der Waals surface area (Å²) in [7, 11) is -3.13. The molecule has 0 spiro atoms. The Kier molecular flexibility index (Phi) is 5.50. The monoisotopic (exact) mass is 269 g/mol. The van der Waals surface area contributed by atoms with E-state index in [9.17, 15) is 13.5 Å². The molecule has 1 aliphatic rings. The molecule has 1 heterocycles. The molecule has 1 N–H and O–H groups in total. The van der Waals surface area contributed by atoms with Crippen molar-refractivity contribution in [3.63, 3.8) is 0 Å². The van der Waals surface area contributed by atoms with Crippen LogP contribution >= 0.6 is 11.6 Å². The molecule has 6 heteroatoms. The number of alkyl halides is 1. The molecule has 0 amide bonds. The van der Waals surface area contributed by atoms with Crippen LogP contribution in [0.2, 0.25) is 0 Å². The smallest absolute Gasteiger partial charge is 0.214 e. The van der Waals surface area contributed by atoms with E-state index in [0.717, 1.165) is 12.8 Å². The van der Waals surface area contributed by atoms with Crippen LogP contribution in [0.25, 0.3) is 0 Å². The summed E-state index contributed by atoms with van der Waals surface area (Å²) in [5, 5.41) is 9.42. The van der Waals surface area contributed by atoms with Gasteiger partial charge in [0.1, 0.15) is 0 Å². The highest BCUT2D eigenvalue weighted by Crippen LogP contribution is 2.22. The molecule has 1 unspecified atom stereocenters. The first kappa shape index (κ1) is 14.2. The standard InChI is InChI=1S/C10H20ClNO3S/c1-9(13)10-3-6-12(7-4-10)16(14,15)8-2-5-11/h9-10,13H,2-8H2,1H3. The Balaban J connectivity index is 2.47. The molecule has 1 saturated heterocycles. The van der Waals surface area contributed by atoms with Gasteiger partial charge in [0.15, 0.2) is 0 Å². The summed E-state index contributed by atoms with van der Waals surface area (Å²) in [5.74, 6) is 0.749. The van der Waals surface area contributed by atoms with Gasteiger partial charge in [0.2, 0.25) is 10.0 Å². The Hall–Kier alpha value is 0.160. The van der Waals surface area contributed by atoms with Crippen molar-refractivity contribution >= 4 is 21.6 Å². The van der Waals surface area contributed by atoms with E-state index in [1.807, 2.05) is 0 Å². The summed E-state index contributed by atoms with van der Waals surface area (Å²) in [4.78, 5) is 0. The van der Waals surface area contributed by atoms with E-state index in [0.29, 0.717) is 25.4 Å². The molecule has 0 radical (unpaired) electrons. The molecule has 96 valence electrons. The molecule has 16 heavy (non-hydrogen) atoms. The third-order valence-electron chi connectivity index (χ3n) is 3.11. The van der Waals surface area contributed by atoms with Gasteiger partial charge in [0, 0.05) is 19.0 Å². The number of hydrogen-bond acceptors (Lipinski definition) is 3. The SMILES string of the molecule is CC(O)C1CCN(S(=O)(=O)CCCCl)CC1. The van der Waals surface area contributed by atoms with Crippen molar-refractivity contribution in [2.75, 3.05) is 24.7 Å². The minimum atomic E-state index is -3.13. The number of piperidine rings is 1. The second-order valence-corrected chi connectivity index (χ2v) is 6.80. The molecule has 1 atom stereocenters. The Morgan fingerprint density at radius 3 is 2.44 bits per heavy atom. The molecular weight excluding hydrogens is 250 g/mol. The summed E-state index contributed by atoms with van der Waals surface area (Å²) in [6.07, 6.45) is 1.66. The van der Waals surface area contributed by atoms with E-state index in [1.54, 1.807) is 6.92 Å². The maximum Gasteiger partial charge on any atom is 0.214 e. The molecule has 0 aliphatic carbocycles. The van der Waals surface area contributed by atoms with Crippen LogP contribution in [0.1, 0.15) is 26.2 Å². The first-order chi connectivity index (χ1) is 7.47. The van der Waals surface area contributed by atoms with E-state index in [-0.39, 0.29) is 17.8 Å². The zero-order valence-corrected chi connectivity index (χ0v) is 11.2. The molecule has 0 saturated carbocycles. The number of nitrogens with zero attached hydrogens (tertiary/aromatic N) is 1. The Morgan fingerprint density at radius 1 is 1.44 bits per heavy atom. The summed E-state index contributed by atoms with van der Waals surface area (Å²) in [6.45, 7) is 2.82. The van der Waals surface area contributed by atoms with Crippen LogP contribution in [0.4, 0.5) is 0 Å². The molecule has 4 nitrogen and oxygen atoms in total. The van der Waals surface area contributed by atoms with Crippen LogP contribution in [0.5, 0.6) is 0 Å². The predicted octanol–water partition coefficient (Wildman–Crippen LogP) is 1.04. The fraction of sp³-hybridized carbons (Fsp3) is 1.00. The minimum absolute atomic E-state index is 0.135. The van der Waals surface area contributed by atoms with Crippen molar-refractivity contribution in [2.24, 2.45) is 5.92 Å². The lowest BCUT2D eigenvalue weighted by Crippen LogP contribution is -2.41. The van der Waals surface area contributed by atoms with Gasteiger partial charge in [-0.3, -0.25) is 0 Å². The molecule has 1 fully saturated rings. The van der Waals surface area contributed by atoms with Crippen molar-refractivity contribution in [3.8, 4) is 0 Å². The van der Waals surface area contributed by atoms with Crippen molar-refractivity contribution in [2.45, 2.75) is 32.3 Å². The lowest BCUT2D eigenvalue weighted by atomic mass is 9.93. The van der Waals surface area contributed by atoms with Crippen LogP contribution in [0.15, 0.2) is 0 Å². The van der Waals surface area contributed by atoms with Crippen LogP contribution in [-0.2, 0) is 10.0 Å². The first-order valence-electron chi connectivity index (χ1n) is 5.69. The second-order valence-electron chi connectivity index (χ2n) is 4.34. The highest BCUT2D eigenvalue weighted by atomic mass is 35.5. The van der Waals surface area contributed by atoms with Gasteiger partial charge in [0.05, 0.1) is 11.9 Å². The van der Waals surface area contributed by atoms with Crippen LogP contribution in [0.3, 0.4) is 0 Å². The highest BCUT2D eigenvalue weighted by Gasteiger charge is 2.29. The van der Waals surface area contributed by atoms with Crippen molar-refractivity contribution in [3.05, 3.63) is 0 Å². The van der Waals surface area contributed by atoms with Gasteiger partial charge < -0.3 is 5.11 Å². The molecule has 1 rings (SSSR count). The Bertz CT molecular complexity index is 297. The summed E-state index contributed by atoms with van der Waals surface area (Å²) in [5.41, 5.74) is 0. The third kappa shape index (κ3) is 3.87. The maximum absolute atomic E-state index is 11.8. The van der Waals surface area contributed by atoms with Crippen LogP contribution in [0, 0.1) is 5.92 Å². The van der Waals surface area contributed by atoms with Gasteiger partial charge in [-0.15, -0.1) is 11.6 Å². The summed E-state index contributed by atoms with van der Waals surface area (Å²) < 4.78 is 25.2. The number of halogens is 1. The number of sulfonamides is 1.